The first kappa shape index (κ1) is 37.8. The van der Waals surface area contributed by atoms with E-state index in [0.717, 1.165) is 49.2 Å². The molecule has 0 aromatic carbocycles. The van der Waals surface area contributed by atoms with Crippen molar-refractivity contribution in [3.8, 4) is 0 Å². The summed E-state index contributed by atoms with van der Waals surface area (Å²) in [6, 6.07) is 0.383. The molecule has 2 N–H and O–H groups in total. The third-order valence-electron chi connectivity index (χ3n) is 5.55. The number of nitrogens with zero attached hydrogens (tertiary/aromatic N) is 6. The number of nitrogen functional groups attached to an aromatic ring is 1. The number of nitrogens with two attached hydrogens (primary N) is 1. The molecule has 1 fully saturated rings. The van der Waals surface area contributed by atoms with Crippen LogP contribution in [0.3, 0.4) is 0 Å². The first-order valence-corrected chi connectivity index (χ1v) is 15.4. The molecule has 1 aliphatic rings. The number of hydrogen-bond acceptors (Lipinski definition) is 6. The van der Waals surface area contributed by atoms with Crippen LogP contribution in [-0.2, 0) is 12.8 Å². The highest BCUT2D eigenvalue weighted by atomic mass is 15.5. The Kier molecular flexibility index (Phi) is 24.9. The van der Waals surface area contributed by atoms with Crippen LogP contribution in [0.15, 0.2) is 11.2 Å². The Bertz CT molecular complexity index is 824. The fourth-order valence-corrected chi connectivity index (χ4v) is 3.92. The summed E-state index contributed by atoms with van der Waals surface area (Å²) in [5.41, 5.74) is 8.75. The molecule has 0 amide bonds. The van der Waals surface area contributed by atoms with Crippen LogP contribution in [0, 0.1) is 12.8 Å². The van der Waals surface area contributed by atoms with Crippen molar-refractivity contribution in [1.82, 2.24) is 25.0 Å². The first-order chi connectivity index (χ1) is 18.3. The Balaban J connectivity index is 0. The van der Waals surface area contributed by atoms with E-state index in [9.17, 15) is 0 Å². The van der Waals surface area contributed by atoms with Gasteiger partial charge in [0.25, 0.3) is 0 Å². The van der Waals surface area contributed by atoms with Crippen molar-refractivity contribution in [2.45, 2.75) is 153 Å². The maximum absolute atomic E-state index is 6.03. The third-order valence-corrected chi connectivity index (χ3v) is 5.55. The molecule has 0 saturated heterocycles. The summed E-state index contributed by atoms with van der Waals surface area (Å²) in [7, 11) is 0. The zero-order valence-corrected chi connectivity index (χ0v) is 26.8. The predicted molar refractivity (Wildman–Crippen MR) is 168 cm³/mol. The van der Waals surface area contributed by atoms with Gasteiger partial charge in [-0.15, -0.1) is 0 Å². The minimum atomic E-state index is 0.383. The molecular formula is C31H61N7. The van der Waals surface area contributed by atoms with E-state index in [2.05, 4.69) is 73.6 Å². The monoisotopic (exact) mass is 531 g/mol. The van der Waals surface area contributed by atoms with Crippen molar-refractivity contribution in [1.29, 1.82) is 0 Å². The smallest absolute Gasteiger partial charge is 0.153 e. The van der Waals surface area contributed by atoms with Crippen molar-refractivity contribution >= 4 is 17.7 Å². The van der Waals surface area contributed by atoms with Crippen LogP contribution in [0.2, 0.25) is 0 Å². The molecule has 2 aromatic rings. The van der Waals surface area contributed by atoms with Crippen LogP contribution in [0.5, 0.6) is 0 Å². The Morgan fingerprint density at radius 2 is 1.55 bits per heavy atom. The van der Waals surface area contributed by atoms with E-state index in [0.29, 0.717) is 23.6 Å². The second-order valence-corrected chi connectivity index (χ2v) is 9.51. The molecule has 2 atom stereocenters. The SMILES string of the molecule is CC.CC=Nc1c(N)nc(C)nc1C[C@H]1CCC(n2ncc(CC)n2)C1.CCC.CCC.CCCCCC. The van der Waals surface area contributed by atoms with Gasteiger partial charge >= 0.3 is 0 Å². The van der Waals surface area contributed by atoms with E-state index in [4.69, 9.17) is 5.73 Å². The number of aromatic nitrogens is 5. The summed E-state index contributed by atoms with van der Waals surface area (Å²) in [6.07, 6.45) is 16.8. The number of anilines is 1. The molecule has 1 aliphatic carbocycles. The lowest BCUT2D eigenvalue weighted by molar-refractivity contribution is 0.393. The van der Waals surface area contributed by atoms with E-state index in [-0.39, 0.29) is 0 Å². The number of unbranched alkanes of at least 4 members (excludes halogenated alkanes) is 3. The fraction of sp³-hybridized carbons (Fsp3) is 0.774. The predicted octanol–water partition coefficient (Wildman–Crippen LogP) is 9.27. The number of aryl methyl sites for hydroxylation is 2. The zero-order valence-electron chi connectivity index (χ0n) is 26.8. The number of aliphatic imine (C=N–C) groups is 1. The maximum atomic E-state index is 6.03. The molecule has 38 heavy (non-hydrogen) atoms. The van der Waals surface area contributed by atoms with Crippen molar-refractivity contribution in [3.05, 3.63) is 23.4 Å². The van der Waals surface area contributed by atoms with Gasteiger partial charge in [-0.25, -0.2) is 9.97 Å². The van der Waals surface area contributed by atoms with Gasteiger partial charge in [0, 0.05) is 6.21 Å². The molecule has 0 radical (unpaired) electrons. The second-order valence-electron chi connectivity index (χ2n) is 9.51. The van der Waals surface area contributed by atoms with Crippen LogP contribution >= 0.6 is 0 Å². The standard InChI is InChI=1S/C17H25N7.C6H14.2C3H8.C2H6/c1-4-13-10-20-24(23-13)14-7-6-12(8-14)9-15-16(19-5-2)17(18)22-11(3)21-15;1-3-5-6-4-2;2*1-3-2;1-2/h5,10,12,14H,4,6-9H2,1-3H3,(H2,18,21,22);3-6H2,1-2H3;2*3H2,1-2H3;1-2H3/t12-,14?;;;;/m0..../s1. The van der Waals surface area contributed by atoms with Crippen LogP contribution in [-0.4, -0.2) is 31.2 Å². The Labute approximate surface area is 235 Å². The lowest BCUT2D eigenvalue weighted by Crippen LogP contribution is -2.11. The number of hydrogen-bond donors (Lipinski definition) is 1. The van der Waals surface area contributed by atoms with E-state index in [1.807, 2.05) is 38.7 Å². The summed E-state index contributed by atoms with van der Waals surface area (Å²) in [5.74, 6) is 1.71. The Hall–Kier alpha value is -2.31. The van der Waals surface area contributed by atoms with E-state index < -0.39 is 0 Å². The van der Waals surface area contributed by atoms with Gasteiger partial charge in [-0.1, -0.05) is 101 Å². The van der Waals surface area contributed by atoms with Gasteiger partial charge in [0.15, 0.2) is 5.82 Å². The molecule has 0 aliphatic heterocycles. The van der Waals surface area contributed by atoms with Crippen molar-refractivity contribution in [2.24, 2.45) is 10.9 Å². The topological polar surface area (TPSA) is 94.9 Å². The molecule has 2 aromatic heterocycles. The van der Waals surface area contributed by atoms with Gasteiger partial charge in [0.2, 0.25) is 0 Å². The van der Waals surface area contributed by atoms with Gasteiger partial charge in [0.1, 0.15) is 11.5 Å². The summed E-state index contributed by atoms with van der Waals surface area (Å²) in [5, 5.41) is 8.99. The van der Waals surface area contributed by atoms with Gasteiger partial charge in [0.05, 0.1) is 23.6 Å². The van der Waals surface area contributed by atoms with Crippen molar-refractivity contribution in [2.75, 3.05) is 5.73 Å². The molecule has 3 rings (SSSR count). The molecule has 7 heteroatoms. The molecular weight excluding hydrogens is 470 g/mol. The van der Waals surface area contributed by atoms with Gasteiger partial charge in [-0.3, -0.25) is 4.99 Å². The van der Waals surface area contributed by atoms with Crippen LogP contribution in [0.1, 0.15) is 150 Å². The average molecular weight is 532 g/mol. The summed E-state index contributed by atoms with van der Waals surface area (Å²) >= 11 is 0. The van der Waals surface area contributed by atoms with E-state index in [1.165, 1.54) is 38.5 Å². The Morgan fingerprint density at radius 1 is 0.974 bits per heavy atom. The lowest BCUT2D eigenvalue weighted by Gasteiger charge is -2.13. The highest BCUT2D eigenvalue weighted by Gasteiger charge is 2.29. The highest BCUT2D eigenvalue weighted by Crippen LogP contribution is 2.37. The zero-order chi connectivity index (χ0) is 29.3. The number of rotatable bonds is 8. The third kappa shape index (κ3) is 15.8. The molecule has 1 unspecified atom stereocenters. The molecule has 0 spiro atoms. The summed E-state index contributed by atoms with van der Waals surface area (Å²) < 4.78 is 0. The largest absolute Gasteiger partial charge is 0.382 e. The minimum absolute atomic E-state index is 0.383. The highest BCUT2D eigenvalue weighted by molar-refractivity contribution is 5.69. The minimum Gasteiger partial charge on any atom is -0.382 e. The van der Waals surface area contributed by atoms with Gasteiger partial charge in [-0.2, -0.15) is 15.0 Å². The summed E-state index contributed by atoms with van der Waals surface area (Å²) in [6.45, 7) is 22.8. The Morgan fingerprint density at radius 3 is 2.03 bits per heavy atom. The second kappa shape index (κ2) is 25.0. The quantitative estimate of drug-likeness (QED) is 0.270. The molecule has 7 nitrogen and oxygen atoms in total. The van der Waals surface area contributed by atoms with Gasteiger partial charge < -0.3 is 5.73 Å². The fourth-order valence-electron chi connectivity index (χ4n) is 3.92. The summed E-state index contributed by atoms with van der Waals surface area (Å²) in [4.78, 5) is 15.1. The first-order valence-electron chi connectivity index (χ1n) is 15.4. The molecule has 2 heterocycles. The van der Waals surface area contributed by atoms with Gasteiger partial charge in [-0.05, 0) is 51.9 Å². The normalized spacial score (nSPS) is 15.8. The van der Waals surface area contributed by atoms with Crippen LogP contribution in [0.25, 0.3) is 0 Å². The maximum Gasteiger partial charge on any atom is 0.153 e. The van der Waals surface area contributed by atoms with Crippen molar-refractivity contribution in [3.63, 3.8) is 0 Å². The lowest BCUT2D eigenvalue weighted by atomic mass is 10.0. The molecule has 0 bridgehead atoms. The molecule has 220 valence electrons. The average Bonchev–Trinajstić information content (AvgIpc) is 3.57. The van der Waals surface area contributed by atoms with Crippen molar-refractivity contribution < 1.29 is 0 Å². The van der Waals surface area contributed by atoms with E-state index >= 15 is 0 Å². The van der Waals surface area contributed by atoms with Crippen LogP contribution in [0.4, 0.5) is 11.5 Å². The van der Waals surface area contributed by atoms with E-state index in [1.54, 1.807) is 6.21 Å². The van der Waals surface area contributed by atoms with Crippen LogP contribution < -0.4 is 5.73 Å². The molecule has 1 saturated carbocycles.